The number of ether oxygens (including phenoxy) is 1. The predicted octanol–water partition coefficient (Wildman–Crippen LogP) is 4.21. The lowest BCUT2D eigenvalue weighted by Crippen LogP contribution is -2.09. The molecule has 0 saturated carbocycles. The molecule has 0 atom stereocenters. The Morgan fingerprint density at radius 2 is 2.04 bits per heavy atom. The average Bonchev–Trinajstić information content (AvgIpc) is 2.59. The third-order valence-electron chi connectivity index (χ3n) is 3.66. The van der Waals surface area contributed by atoms with Crippen molar-refractivity contribution in [3.63, 3.8) is 0 Å². The zero-order valence-corrected chi connectivity index (χ0v) is 13.7. The molecule has 2 N–H and O–H groups in total. The summed E-state index contributed by atoms with van der Waals surface area (Å²) in [5, 5.41) is 13.9. The SMILES string of the molecule is COc1ccc2cc(C(=O)O)c(NCc3ccccc3Cl)nc2c1. The highest BCUT2D eigenvalue weighted by Crippen LogP contribution is 2.25. The number of carboxylic acid groups (broad SMARTS) is 1. The second-order valence-electron chi connectivity index (χ2n) is 5.19. The van der Waals surface area contributed by atoms with E-state index < -0.39 is 5.97 Å². The van der Waals surface area contributed by atoms with E-state index in [9.17, 15) is 9.90 Å². The maximum absolute atomic E-state index is 11.5. The van der Waals surface area contributed by atoms with Crippen molar-refractivity contribution in [3.8, 4) is 5.75 Å². The van der Waals surface area contributed by atoms with Crippen LogP contribution in [-0.2, 0) is 6.54 Å². The van der Waals surface area contributed by atoms with Crippen LogP contribution in [0.3, 0.4) is 0 Å². The van der Waals surface area contributed by atoms with Crippen LogP contribution in [0.2, 0.25) is 5.02 Å². The van der Waals surface area contributed by atoms with Gasteiger partial charge in [0, 0.05) is 23.0 Å². The van der Waals surface area contributed by atoms with Crippen LogP contribution in [-0.4, -0.2) is 23.2 Å². The van der Waals surface area contributed by atoms with Crippen LogP contribution in [0.25, 0.3) is 10.9 Å². The fourth-order valence-corrected chi connectivity index (χ4v) is 2.59. The molecule has 0 bridgehead atoms. The highest BCUT2D eigenvalue weighted by Gasteiger charge is 2.14. The Kier molecular flexibility index (Phi) is 4.53. The minimum Gasteiger partial charge on any atom is -0.497 e. The van der Waals surface area contributed by atoms with Crippen molar-refractivity contribution >= 4 is 34.3 Å². The average molecular weight is 343 g/mol. The normalized spacial score (nSPS) is 10.6. The molecular formula is C18H15ClN2O3. The van der Waals surface area contributed by atoms with Crippen LogP contribution < -0.4 is 10.1 Å². The molecule has 24 heavy (non-hydrogen) atoms. The van der Waals surface area contributed by atoms with Crippen LogP contribution in [0.1, 0.15) is 15.9 Å². The van der Waals surface area contributed by atoms with E-state index in [1.165, 1.54) is 0 Å². The first kappa shape index (κ1) is 16.1. The van der Waals surface area contributed by atoms with Crippen molar-refractivity contribution in [2.75, 3.05) is 12.4 Å². The zero-order valence-electron chi connectivity index (χ0n) is 12.9. The lowest BCUT2D eigenvalue weighted by Gasteiger charge is -2.12. The molecule has 0 saturated heterocycles. The first-order valence-corrected chi connectivity index (χ1v) is 7.65. The van der Waals surface area contributed by atoms with Crippen LogP contribution in [0.5, 0.6) is 5.75 Å². The van der Waals surface area contributed by atoms with Gasteiger partial charge < -0.3 is 15.2 Å². The Bertz CT molecular complexity index is 912. The molecule has 2 aromatic carbocycles. The fraction of sp³-hybridized carbons (Fsp3) is 0.111. The van der Waals surface area contributed by atoms with Gasteiger partial charge in [-0.1, -0.05) is 29.8 Å². The molecule has 0 aliphatic carbocycles. The van der Waals surface area contributed by atoms with Crippen LogP contribution in [0, 0.1) is 0 Å². The molecule has 3 aromatic rings. The number of hydrogen-bond acceptors (Lipinski definition) is 4. The number of carboxylic acids is 1. The number of rotatable bonds is 5. The van der Waals surface area contributed by atoms with Gasteiger partial charge >= 0.3 is 5.97 Å². The highest BCUT2D eigenvalue weighted by atomic mass is 35.5. The first-order valence-electron chi connectivity index (χ1n) is 7.28. The van der Waals surface area contributed by atoms with Crippen molar-refractivity contribution in [2.45, 2.75) is 6.54 Å². The molecule has 0 aliphatic heterocycles. The summed E-state index contributed by atoms with van der Waals surface area (Å²) in [7, 11) is 1.57. The maximum Gasteiger partial charge on any atom is 0.339 e. The van der Waals surface area contributed by atoms with E-state index in [0.717, 1.165) is 10.9 Å². The Morgan fingerprint density at radius 1 is 1.25 bits per heavy atom. The number of carbonyl (C=O) groups is 1. The van der Waals surface area contributed by atoms with E-state index in [2.05, 4.69) is 10.3 Å². The lowest BCUT2D eigenvalue weighted by molar-refractivity contribution is 0.0697. The van der Waals surface area contributed by atoms with Gasteiger partial charge in [0.05, 0.1) is 12.6 Å². The Labute approximate surface area is 143 Å². The maximum atomic E-state index is 11.5. The third kappa shape index (κ3) is 3.26. The van der Waals surface area contributed by atoms with Gasteiger partial charge in [0.25, 0.3) is 0 Å². The van der Waals surface area contributed by atoms with Crippen LogP contribution >= 0.6 is 11.6 Å². The van der Waals surface area contributed by atoms with E-state index in [0.29, 0.717) is 28.7 Å². The van der Waals surface area contributed by atoms with Gasteiger partial charge in [-0.2, -0.15) is 0 Å². The molecule has 0 fully saturated rings. The van der Waals surface area contributed by atoms with Crippen molar-refractivity contribution in [3.05, 3.63) is 64.7 Å². The van der Waals surface area contributed by atoms with Gasteiger partial charge in [-0.25, -0.2) is 9.78 Å². The molecule has 1 heterocycles. The molecule has 1 aromatic heterocycles. The second-order valence-corrected chi connectivity index (χ2v) is 5.60. The molecule has 6 heteroatoms. The van der Waals surface area contributed by atoms with E-state index in [4.69, 9.17) is 16.3 Å². The van der Waals surface area contributed by atoms with Gasteiger partial charge in [0.15, 0.2) is 0 Å². The summed E-state index contributed by atoms with van der Waals surface area (Å²) in [6, 6.07) is 14.3. The molecule has 0 amide bonds. The van der Waals surface area contributed by atoms with E-state index in [1.807, 2.05) is 18.2 Å². The molecule has 122 valence electrons. The number of anilines is 1. The van der Waals surface area contributed by atoms with Crippen molar-refractivity contribution in [1.82, 2.24) is 4.98 Å². The molecule has 0 radical (unpaired) electrons. The highest BCUT2D eigenvalue weighted by molar-refractivity contribution is 6.31. The molecule has 0 aliphatic rings. The summed E-state index contributed by atoms with van der Waals surface area (Å²) in [6.45, 7) is 0.377. The number of halogens is 1. The van der Waals surface area contributed by atoms with Crippen molar-refractivity contribution < 1.29 is 14.6 Å². The summed E-state index contributed by atoms with van der Waals surface area (Å²) in [5.74, 6) is -0.0832. The zero-order chi connectivity index (χ0) is 17.1. The lowest BCUT2D eigenvalue weighted by atomic mass is 10.1. The van der Waals surface area contributed by atoms with Gasteiger partial charge in [-0.3, -0.25) is 0 Å². The smallest absolute Gasteiger partial charge is 0.339 e. The topological polar surface area (TPSA) is 71.5 Å². The van der Waals surface area contributed by atoms with Crippen LogP contribution in [0.4, 0.5) is 5.82 Å². The minimum absolute atomic E-state index is 0.111. The summed E-state index contributed by atoms with van der Waals surface area (Å²) in [4.78, 5) is 16.0. The van der Waals surface area contributed by atoms with Crippen molar-refractivity contribution in [2.24, 2.45) is 0 Å². The summed E-state index contributed by atoms with van der Waals surface area (Å²) < 4.78 is 5.19. The van der Waals surface area contributed by atoms with E-state index in [1.54, 1.807) is 37.4 Å². The van der Waals surface area contributed by atoms with E-state index in [-0.39, 0.29) is 5.56 Å². The van der Waals surface area contributed by atoms with Gasteiger partial charge in [0.1, 0.15) is 17.1 Å². The summed E-state index contributed by atoms with van der Waals surface area (Å²) >= 11 is 6.13. The Morgan fingerprint density at radius 3 is 2.75 bits per heavy atom. The monoisotopic (exact) mass is 342 g/mol. The fourth-order valence-electron chi connectivity index (χ4n) is 2.39. The molecular weight excluding hydrogens is 328 g/mol. The number of fused-ring (bicyclic) bond motifs is 1. The Balaban J connectivity index is 1.99. The first-order chi connectivity index (χ1) is 11.6. The minimum atomic E-state index is -1.04. The number of pyridine rings is 1. The second kappa shape index (κ2) is 6.76. The number of aromatic carboxylic acids is 1. The third-order valence-corrected chi connectivity index (χ3v) is 4.03. The number of aromatic nitrogens is 1. The quantitative estimate of drug-likeness (QED) is 0.726. The number of nitrogens with one attached hydrogen (secondary N) is 1. The standard InChI is InChI=1S/C18H15ClN2O3/c1-24-13-7-6-11-8-14(18(22)23)17(21-16(11)9-13)20-10-12-4-2-3-5-15(12)19/h2-9H,10H2,1H3,(H,20,21)(H,22,23). The predicted molar refractivity (Wildman–Crippen MR) is 94.0 cm³/mol. The van der Waals surface area contributed by atoms with Crippen LogP contribution in [0.15, 0.2) is 48.5 Å². The number of nitrogens with zero attached hydrogens (tertiary/aromatic N) is 1. The number of benzene rings is 2. The van der Waals surface area contributed by atoms with Gasteiger partial charge in [0.2, 0.25) is 0 Å². The largest absolute Gasteiger partial charge is 0.497 e. The molecule has 3 rings (SSSR count). The summed E-state index contributed by atoms with van der Waals surface area (Å²) in [5.41, 5.74) is 1.63. The van der Waals surface area contributed by atoms with E-state index >= 15 is 0 Å². The summed E-state index contributed by atoms with van der Waals surface area (Å²) in [6.07, 6.45) is 0. The number of methoxy groups -OCH3 is 1. The molecule has 5 nitrogen and oxygen atoms in total. The van der Waals surface area contributed by atoms with Gasteiger partial charge in [-0.15, -0.1) is 0 Å². The Hall–Kier alpha value is -2.79. The van der Waals surface area contributed by atoms with Crippen molar-refractivity contribution in [1.29, 1.82) is 0 Å². The van der Waals surface area contributed by atoms with Gasteiger partial charge in [-0.05, 0) is 29.8 Å². The molecule has 0 spiro atoms. The number of hydrogen-bond donors (Lipinski definition) is 2. The molecule has 0 unspecified atom stereocenters.